The molecule has 3 atom stereocenters. The van der Waals surface area contributed by atoms with Crippen LogP contribution in [-0.2, 0) is 0 Å². The van der Waals surface area contributed by atoms with E-state index in [9.17, 15) is 0 Å². The van der Waals surface area contributed by atoms with Crippen molar-refractivity contribution in [3.8, 4) is 0 Å². The van der Waals surface area contributed by atoms with Crippen molar-refractivity contribution in [2.45, 2.75) is 18.2 Å². The Labute approximate surface area is 53.1 Å². The van der Waals surface area contributed by atoms with Gasteiger partial charge in [0.1, 0.15) is 0 Å². The molecule has 0 aromatic rings. The summed E-state index contributed by atoms with van der Waals surface area (Å²) in [6, 6.07) is -0.468. The SMILES string of the molecule is OCC1N[C@H](CO)C1O. The van der Waals surface area contributed by atoms with Gasteiger partial charge in [-0.3, -0.25) is 0 Å². The Kier molecular flexibility index (Phi) is 2.02. The van der Waals surface area contributed by atoms with Crippen LogP contribution in [0, 0.1) is 0 Å². The molecule has 1 heterocycles. The third-order valence-corrected chi connectivity index (χ3v) is 1.65. The zero-order valence-corrected chi connectivity index (χ0v) is 4.99. The van der Waals surface area contributed by atoms with Gasteiger partial charge in [0.2, 0.25) is 0 Å². The molecule has 1 rings (SSSR count). The molecule has 1 saturated heterocycles. The van der Waals surface area contributed by atoms with Gasteiger partial charge in [-0.25, -0.2) is 0 Å². The minimum Gasteiger partial charge on any atom is -0.395 e. The lowest BCUT2D eigenvalue weighted by atomic mass is 9.94. The highest BCUT2D eigenvalue weighted by Crippen LogP contribution is 2.10. The number of hydrogen-bond donors (Lipinski definition) is 4. The molecule has 0 amide bonds. The first-order valence-electron chi connectivity index (χ1n) is 2.95. The van der Waals surface area contributed by atoms with Crippen LogP contribution in [0.25, 0.3) is 0 Å². The fourth-order valence-corrected chi connectivity index (χ4v) is 0.955. The van der Waals surface area contributed by atoms with E-state index in [4.69, 9.17) is 15.3 Å². The number of aliphatic hydroxyl groups excluding tert-OH is 3. The molecule has 1 aliphatic rings. The number of hydrogen-bond acceptors (Lipinski definition) is 4. The molecule has 0 aromatic carbocycles. The van der Waals surface area contributed by atoms with Gasteiger partial charge in [-0.1, -0.05) is 0 Å². The molecule has 2 unspecified atom stereocenters. The average Bonchev–Trinajstić information content (AvgIpc) is 1.87. The van der Waals surface area contributed by atoms with Gasteiger partial charge in [-0.05, 0) is 0 Å². The smallest absolute Gasteiger partial charge is 0.0890 e. The first-order chi connectivity index (χ1) is 4.29. The van der Waals surface area contributed by atoms with E-state index in [0.717, 1.165) is 0 Å². The van der Waals surface area contributed by atoms with Gasteiger partial charge in [-0.2, -0.15) is 0 Å². The Hall–Kier alpha value is -0.160. The molecule has 4 N–H and O–H groups in total. The zero-order chi connectivity index (χ0) is 6.85. The van der Waals surface area contributed by atoms with Crippen molar-refractivity contribution in [2.75, 3.05) is 13.2 Å². The summed E-state index contributed by atoms with van der Waals surface area (Å²) in [4.78, 5) is 0. The van der Waals surface area contributed by atoms with Crippen LogP contribution in [0.5, 0.6) is 0 Å². The molecule has 0 radical (unpaired) electrons. The molecule has 4 heteroatoms. The maximum Gasteiger partial charge on any atom is 0.0890 e. The van der Waals surface area contributed by atoms with Crippen LogP contribution in [0.4, 0.5) is 0 Å². The van der Waals surface area contributed by atoms with Crippen molar-refractivity contribution in [1.29, 1.82) is 0 Å². The fraction of sp³-hybridized carbons (Fsp3) is 1.00. The molecule has 1 fully saturated rings. The Balaban J connectivity index is 2.24. The normalized spacial score (nSPS) is 42.3. The molecule has 0 bridgehead atoms. The summed E-state index contributed by atoms with van der Waals surface area (Å²) >= 11 is 0. The highest BCUT2D eigenvalue weighted by molar-refractivity contribution is 4.97. The van der Waals surface area contributed by atoms with Gasteiger partial charge in [0.15, 0.2) is 0 Å². The summed E-state index contributed by atoms with van der Waals surface area (Å²) in [6.07, 6.45) is -0.583. The first-order valence-corrected chi connectivity index (χ1v) is 2.95. The highest BCUT2D eigenvalue weighted by Gasteiger charge is 2.37. The molecule has 54 valence electrons. The van der Waals surface area contributed by atoms with E-state index in [1.165, 1.54) is 0 Å². The van der Waals surface area contributed by atoms with Gasteiger partial charge < -0.3 is 20.6 Å². The van der Waals surface area contributed by atoms with Gasteiger partial charge >= 0.3 is 0 Å². The molecule has 9 heavy (non-hydrogen) atoms. The van der Waals surface area contributed by atoms with Crippen molar-refractivity contribution < 1.29 is 15.3 Å². The predicted octanol–water partition coefficient (Wildman–Crippen LogP) is -2.33. The Morgan fingerprint density at radius 1 is 1.11 bits per heavy atom. The van der Waals surface area contributed by atoms with E-state index >= 15 is 0 Å². The summed E-state index contributed by atoms with van der Waals surface area (Å²) in [5, 5.41) is 28.7. The number of rotatable bonds is 2. The second-order valence-corrected chi connectivity index (χ2v) is 2.24. The topological polar surface area (TPSA) is 72.7 Å². The predicted molar refractivity (Wildman–Crippen MR) is 30.9 cm³/mol. The Bertz CT molecular complexity index is 88.2. The van der Waals surface area contributed by atoms with Crippen molar-refractivity contribution in [1.82, 2.24) is 5.32 Å². The zero-order valence-electron chi connectivity index (χ0n) is 4.99. The van der Waals surface area contributed by atoms with E-state index in [0.29, 0.717) is 0 Å². The van der Waals surface area contributed by atoms with Gasteiger partial charge in [-0.15, -0.1) is 0 Å². The summed E-state index contributed by atoms with van der Waals surface area (Å²) in [5.41, 5.74) is 0. The second kappa shape index (κ2) is 2.62. The second-order valence-electron chi connectivity index (χ2n) is 2.24. The minimum absolute atomic E-state index is 0.0718. The van der Waals surface area contributed by atoms with E-state index in [-0.39, 0.29) is 25.3 Å². The molecular weight excluding hydrogens is 122 g/mol. The lowest BCUT2D eigenvalue weighted by Crippen LogP contribution is -2.68. The molecule has 0 saturated carbocycles. The van der Waals surface area contributed by atoms with E-state index < -0.39 is 6.10 Å². The van der Waals surface area contributed by atoms with E-state index in [1.54, 1.807) is 0 Å². The maximum atomic E-state index is 8.98. The summed E-state index contributed by atoms with van der Waals surface area (Å²) in [6.45, 7) is -0.144. The van der Waals surface area contributed by atoms with Crippen LogP contribution in [0.3, 0.4) is 0 Å². The number of aliphatic hydroxyl groups is 3. The standard InChI is InChI=1S/C5H11NO3/c7-1-3-5(9)4(2-8)6-3/h3-9H,1-2H2/t3-,4?,5?/m1/s1. The fourth-order valence-electron chi connectivity index (χ4n) is 0.955. The summed E-state index contributed by atoms with van der Waals surface area (Å²) in [7, 11) is 0. The van der Waals surface area contributed by atoms with Crippen molar-refractivity contribution in [2.24, 2.45) is 0 Å². The molecule has 1 aliphatic heterocycles. The van der Waals surface area contributed by atoms with Crippen LogP contribution >= 0.6 is 0 Å². The Morgan fingerprint density at radius 2 is 1.56 bits per heavy atom. The largest absolute Gasteiger partial charge is 0.395 e. The average molecular weight is 133 g/mol. The Morgan fingerprint density at radius 3 is 1.78 bits per heavy atom. The molecule has 0 aromatic heterocycles. The minimum atomic E-state index is -0.583. The summed E-state index contributed by atoms with van der Waals surface area (Å²) in [5.74, 6) is 0. The van der Waals surface area contributed by atoms with Gasteiger partial charge in [0, 0.05) is 0 Å². The van der Waals surface area contributed by atoms with Crippen molar-refractivity contribution >= 4 is 0 Å². The van der Waals surface area contributed by atoms with Crippen LogP contribution in [-0.4, -0.2) is 46.7 Å². The van der Waals surface area contributed by atoms with Crippen LogP contribution < -0.4 is 5.32 Å². The molecule has 0 spiro atoms. The highest BCUT2D eigenvalue weighted by atomic mass is 16.3. The lowest BCUT2D eigenvalue weighted by molar-refractivity contribution is -0.0348. The van der Waals surface area contributed by atoms with Crippen molar-refractivity contribution in [3.63, 3.8) is 0 Å². The quantitative estimate of drug-likeness (QED) is 0.341. The van der Waals surface area contributed by atoms with Crippen LogP contribution in [0.2, 0.25) is 0 Å². The molecule has 0 aliphatic carbocycles. The third-order valence-electron chi connectivity index (χ3n) is 1.65. The van der Waals surface area contributed by atoms with E-state index in [1.807, 2.05) is 0 Å². The maximum absolute atomic E-state index is 8.98. The van der Waals surface area contributed by atoms with E-state index in [2.05, 4.69) is 5.32 Å². The van der Waals surface area contributed by atoms with Crippen molar-refractivity contribution in [3.05, 3.63) is 0 Å². The molecular formula is C5H11NO3. The number of nitrogens with one attached hydrogen (secondary N) is 1. The van der Waals surface area contributed by atoms with Gasteiger partial charge in [0.05, 0.1) is 31.4 Å². The third kappa shape index (κ3) is 1.07. The van der Waals surface area contributed by atoms with Crippen LogP contribution in [0.1, 0.15) is 0 Å². The van der Waals surface area contributed by atoms with Gasteiger partial charge in [0.25, 0.3) is 0 Å². The summed E-state index contributed by atoms with van der Waals surface area (Å²) < 4.78 is 0. The van der Waals surface area contributed by atoms with Crippen LogP contribution in [0.15, 0.2) is 0 Å². The lowest BCUT2D eigenvalue weighted by Gasteiger charge is -2.40. The first kappa shape index (κ1) is 6.95. The monoisotopic (exact) mass is 133 g/mol. The molecule has 4 nitrogen and oxygen atoms in total.